The van der Waals surface area contributed by atoms with Gasteiger partial charge in [-0.25, -0.2) is 0 Å². The molecule has 6 heteroatoms. The van der Waals surface area contributed by atoms with Gasteiger partial charge in [-0.2, -0.15) is 0 Å². The van der Waals surface area contributed by atoms with Gasteiger partial charge in [-0.15, -0.1) is 0 Å². The first kappa shape index (κ1) is 16.7. The lowest BCUT2D eigenvalue weighted by Crippen LogP contribution is -2.15. The summed E-state index contributed by atoms with van der Waals surface area (Å²) in [6.07, 6.45) is -0.294. The molecular weight excluding hydrogens is 318 g/mol. The molecular formula is C17H14ClNO4. The Labute approximate surface area is 137 Å². The zero-order valence-electron chi connectivity index (χ0n) is 12.3. The van der Waals surface area contributed by atoms with Gasteiger partial charge in [0.05, 0.1) is 12.1 Å². The summed E-state index contributed by atoms with van der Waals surface area (Å²) < 4.78 is 0. The van der Waals surface area contributed by atoms with E-state index < -0.39 is 5.97 Å². The molecule has 0 saturated carbocycles. The summed E-state index contributed by atoms with van der Waals surface area (Å²) in [7, 11) is 0. The summed E-state index contributed by atoms with van der Waals surface area (Å²) in [4.78, 5) is 35.1. The van der Waals surface area contributed by atoms with Gasteiger partial charge in [0.2, 0.25) is 5.91 Å². The lowest BCUT2D eigenvalue weighted by atomic mass is 9.97. The second-order valence-corrected chi connectivity index (χ2v) is 5.36. The number of ketones is 1. The number of carbonyl (C=O) groups is 3. The minimum atomic E-state index is -1.05. The van der Waals surface area contributed by atoms with Gasteiger partial charge in [0.15, 0.2) is 5.78 Å². The second-order valence-electron chi connectivity index (χ2n) is 4.93. The summed E-state index contributed by atoms with van der Waals surface area (Å²) in [5.41, 5.74) is 1.23. The van der Waals surface area contributed by atoms with E-state index in [1.807, 2.05) is 0 Å². The molecule has 1 amide bonds. The van der Waals surface area contributed by atoms with Gasteiger partial charge >= 0.3 is 5.97 Å². The van der Waals surface area contributed by atoms with Crippen molar-refractivity contribution in [3.8, 4) is 0 Å². The van der Waals surface area contributed by atoms with Crippen molar-refractivity contribution >= 4 is 34.9 Å². The molecule has 0 bridgehead atoms. The third-order valence-electron chi connectivity index (χ3n) is 3.14. The number of halogens is 1. The van der Waals surface area contributed by atoms with E-state index in [9.17, 15) is 14.4 Å². The number of hydrogen-bond donors (Lipinski definition) is 2. The fourth-order valence-electron chi connectivity index (χ4n) is 2.18. The van der Waals surface area contributed by atoms with E-state index in [1.54, 1.807) is 42.5 Å². The van der Waals surface area contributed by atoms with Gasteiger partial charge in [-0.3, -0.25) is 14.4 Å². The molecule has 0 spiro atoms. The third kappa shape index (κ3) is 4.17. The molecule has 2 aromatic carbocycles. The molecule has 23 heavy (non-hydrogen) atoms. The van der Waals surface area contributed by atoms with Gasteiger partial charge in [0.25, 0.3) is 0 Å². The van der Waals surface area contributed by atoms with Crippen LogP contribution in [0.3, 0.4) is 0 Å². The zero-order valence-corrected chi connectivity index (χ0v) is 13.1. The molecule has 2 rings (SSSR count). The second kappa shape index (κ2) is 7.07. The number of nitrogens with one attached hydrogen (secondary N) is 1. The van der Waals surface area contributed by atoms with Gasteiger partial charge in [0.1, 0.15) is 0 Å². The average molecular weight is 332 g/mol. The molecule has 0 aliphatic heterocycles. The Balaban J connectivity index is 2.51. The zero-order chi connectivity index (χ0) is 17.0. The van der Waals surface area contributed by atoms with Crippen LogP contribution in [-0.4, -0.2) is 22.8 Å². The number of aliphatic carboxylic acids is 1. The van der Waals surface area contributed by atoms with Crippen LogP contribution in [0, 0.1) is 0 Å². The van der Waals surface area contributed by atoms with Gasteiger partial charge < -0.3 is 10.4 Å². The van der Waals surface area contributed by atoms with Gasteiger partial charge in [-0.1, -0.05) is 23.7 Å². The molecule has 118 valence electrons. The van der Waals surface area contributed by atoms with Crippen LogP contribution in [0.15, 0.2) is 42.5 Å². The normalized spacial score (nSPS) is 10.2. The Kier molecular flexibility index (Phi) is 5.13. The highest BCUT2D eigenvalue weighted by Crippen LogP contribution is 2.25. The predicted molar refractivity (Wildman–Crippen MR) is 87.0 cm³/mol. The molecule has 2 N–H and O–H groups in total. The predicted octanol–water partition coefficient (Wildman–Crippen LogP) is 3.16. The summed E-state index contributed by atoms with van der Waals surface area (Å²) in [6.45, 7) is 1.30. The Bertz CT molecular complexity index is 769. The molecule has 0 saturated heterocycles. The molecule has 0 aliphatic rings. The van der Waals surface area contributed by atoms with Crippen LogP contribution < -0.4 is 5.32 Å². The van der Waals surface area contributed by atoms with Crippen LogP contribution in [-0.2, 0) is 16.0 Å². The number of carbonyl (C=O) groups excluding carboxylic acids is 2. The van der Waals surface area contributed by atoms with Crippen LogP contribution in [0.2, 0.25) is 5.02 Å². The van der Waals surface area contributed by atoms with E-state index in [1.165, 1.54) is 6.92 Å². The number of amides is 1. The number of anilines is 1. The highest BCUT2D eigenvalue weighted by Gasteiger charge is 2.18. The Morgan fingerprint density at radius 1 is 1.09 bits per heavy atom. The fraction of sp³-hybridized carbons (Fsp3) is 0.118. The van der Waals surface area contributed by atoms with E-state index in [4.69, 9.17) is 16.7 Å². The summed E-state index contributed by atoms with van der Waals surface area (Å²) >= 11 is 5.81. The number of hydrogen-bond acceptors (Lipinski definition) is 3. The van der Waals surface area contributed by atoms with Gasteiger partial charge in [-0.05, 0) is 35.9 Å². The Morgan fingerprint density at radius 2 is 1.74 bits per heavy atom. The first-order valence-electron chi connectivity index (χ1n) is 6.80. The first-order chi connectivity index (χ1) is 10.9. The summed E-state index contributed by atoms with van der Waals surface area (Å²) in [5.74, 6) is -1.75. The maximum absolute atomic E-state index is 12.7. The average Bonchev–Trinajstić information content (AvgIpc) is 2.48. The van der Waals surface area contributed by atoms with Crippen LogP contribution >= 0.6 is 11.6 Å². The number of carboxylic acid groups (broad SMARTS) is 1. The SMILES string of the molecule is CC(=O)Nc1c(CC(=O)O)cccc1C(=O)c1ccc(Cl)cc1. The lowest BCUT2D eigenvalue weighted by Gasteiger charge is -2.13. The molecule has 0 aliphatic carbocycles. The maximum Gasteiger partial charge on any atom is 0.307 e. The van der Waals surface area contributed by atoms with E-state index >= 15 is 0 Å². The van der Waals surface area contributed by atoms with E-state index in [2.05, 4.69) is 5.32 Å². The highest BCUT2D eigenvalue weighted by molar-refractivity contribution is 6.30. The molecule has 0 atom stereocenters. The monoisotopic (exact) mass is 331 g/mol. The van der Waals surface area contributed by atoms with Crippen molar-refractivity contribution in [2.24, 2.45) is 0 Å². The molecule has 0 fully saturated rings. The number of para-hydroxylation sites is 1. The third-order valence-corrected chi connectivity index (χ3v) is 3.40. The standard InChI is InChI=1S/C17H14ClNO4/c1-10(20)19-16-12(9-15(21)22)3-2-4-14(16)17(23)11-5-7-13(18)8-6-11/h2-8H,9H2,1H3,(H,19,20)(H,21,22). The number of carboxylic acids is 1. The van der Waals surface area contributed by atoms with Crippen molar-refractivity contribution in [3.63, 3.8) is 0 Å². The summed E-state index contributed by atoms with van der Waals surface area (Å²) in [5, 5.41) is 12.1. The Hall–Kier alpha value is -2.66. The van der Waals surface area contributed by atoms with Crippen molar-refractivity contribution in [2.75, 3.05) is 5.32 Å². The quantitative estimate of drug-likeness (QED) is 0.824. The van der Waals surface area contributed by atoms with E-state index in [0.717, 1.165) is 0 Å². The number of benzene rings is 2. The molecule has 0 radical (unpaired) electrons. The molecule has 2 aromatic rings. The van der Waals surface area contributed by atoms with Crippen molar-refractivity contribution < 1.29 is 19.5 Å². The van der Waals surface area contributed by atoms with Crippen LogP contribution in [0.5, 0.6) is 0 Å². The summed E-state index contributed by atoms with van der Waals surface area (Å²) in [6, 6.07) is 11.0. The lowest BCUT2D eigenvalue weighted by molar-refractivity contribution is -0.136. The minimum absolute atomic E-state index is 0.224. The van der Waals surface area contributed by atoms with E-state index in [0.29, 0.717) is 16.1 Å². The molecule has 0 unspecified atom stereocenters. The van der Waals surface area contributed by atoms with Crippen molar-refractivity contribution in [1.82, 2.24) is 0 Å². The largest absolute Gasteiger partial charge is 0.481 e. The minimum Gasteiger partial charge on any atom is -0.481 e. The molecule has 0 heterocycles. The van der Waals surface area contributed by atoms with Crippen LogP contribution in [0.4, 0.5) is 5.69 Å². The Morgan fingerprint density at radius 3 is 2.30 bits per heavy atom. The first-order valence-corrected chi connectivity index (χ1v) is 7.18. The topological polar surface area (TPSA) is 83.5 Å². The van der Waals surface area contributed by atoms with Crippen molar-refractivity contribution in [3.05, 3.63) is 64.2 Å². The van der Waals surface area contributed by atoms with E-state index in [-0.39, 0.29) is 29.4 Å². The maximum atomic E-state index is 12.7. The fourth-order valence-corrected chi connectivity index (χ4v) is 2.31. The van der Waals surface area contributed by atoms with Crippen molar-refractivity contribution in [2.45, 2.75) is 13.3 Å². The highest BCUT2D eigenvalue weighted by atomic mass is 35.5. The van der Waals surface area contributed by atoms with Gasteiger partial charge in [0, 0.05) is 23.1 Å². The molecule has 0 aromatic heterocycles. The smallest absolute Gasteiger partial charge is 0.307 e. The van der Waals surface area contributed by atoms with Crippen LogP contribution in [0.1, 0.15) is 28.4 Å². The van der Waals surface area contributed by atoms with Crippen LogP contribution in [0.25, 0.3) is 0 Å². The molecule has 5 nitrogen and oxygen atoms in total. The van der Waals surface area contributed by atoms with Crippen molar-refractivity contribution in [1.29, 1.82) is 0 Å². The number of rotatable bonds is 5.